The minimum atomic E-state index is 0.154. The fourth-order valence-electron chi connectivity index (χ4n) is 1.74. The molecule has 0 aliphatic carbocycles. The van der Waals surface area contributed by atoms with E-state index in [1.54, 1.807) is 0 Å². The summed E-state index contributed by atoms with van der Waals surface area (Å²) in [5.41, 5.74) is 2.29. The Kier molecular flexibility index (Phi) is 6.34. The SMILES string of the molecule is CCCNCc1cc(Cl)ccc1N(C)CCO. The Bertz CT molecular complexity index is 344. The largest absolute Gasteiger partial charge is 0.395 e. The molecular weight excluding hydrogens is 236 g/mol. The lowest BCUT2D eigenvalue weighted by atomic mass is 10.1. The van der Waals surface area contributed by atoms with Crippen molar-refractivity contribution in [3.8, 4) is 0 Å². The van der Waals surface area contributed by atoms with Gasteiger partial charge in [0.1, 0.15) is 0 Å². The molecule has 3 nitrogen and oxygen atoms in total. The molecule has 0 saturated carbocycles. The maximum Gasteiger partial charge on any atom is 0.0606 e. The molecule has 0 amide bonds. The Labute approximate surface area is 108 Å². The lowest BCUT2D eigenvalue weighted by Crippen LogP contribution is -2.24. The fraction of sp³-hybridized carbons (Fsp3) is 0.538. The second kappa shape index (κ2) is 7.54. The maximum atomic E-state index is 8.97. The van der Waals surface area contributed by atoms with Gasteiger partial charge in [-0.2, -0.15) is 0 Å². The Balaban J connectivity index is 2.79. The van der Waals surface area contributed by atoms with Crippen LogP contribution in [-0.2, 0) is 6.54 Å². The van der Waals surface area contributed by atoms with Gasteiger partial charge in [0.15, 0.2) is 0 Å². The average molecular weight is 257 g/mol. The van der Waals surface area contributed by atoms with E-state index in [1.807, 2.05) is 30.1 Å². The van der Waals surface area contributed by atoms with Gasteiger partial charge >= 0.3 is 0 Å². The highest BCUT2D eigenvalue weighted by atomic mass is 35.5. The van der Waals surface area contributed by atoms with Crippen molar-refractivity contribution in [3.63, 3.8) is 0 Å². The van der Waals surface area contributed by atoms with E-state index in [1.165, 1.54) is 5.56 Å². The smallest absolute Gasteiger partial charge is 0.0606 e. The van der Waals surface area contributed by atoms with Crippen molar-refractivity contribution in [3.05, 3.63) is 28.8 Å². The molecule has 1 aromatic rings. The molecule has 0 heterocycles. The summed E-state index contributed by atoms with van der Waals surface area (Å²) >= 11 is 6.02. The number of anilines is 1. The summed E-state index contributed by atoms with van der Waals surface area (Å²) in [6.07, 6.45) is 1.11. The van der Waals surface area contributed by atoms with E-state index in [0.29, 0.717) is 6.54 Å². The first-order chi connectivity index (χ1) is 8.19. The highest BCUT2D eigenvalue weighted by molar-refractivity contribution is 6.30. The molecule has 0 aliphatic rings. The highest BCUT2D eigenvalue weighted by Gasteiger charge is 2.07. The van der Waals surface area contributed by atoms with Crippen molar-refractivity contribution < 1.29 is 5.11 Å². The van der Waals surface area contributed by atoms with Crippen LogP contribution in [0.2, 0.25) is 5.02 Å². The highest BCUT2D eigenvalue weighted by Crippen LogP contribution is 2.23. The van der Waals surface area contributed by atoms with Crippen LogP contribution in [0.1, 0.15) is 18.9 Å². The monoisotopic (exact) mass is 256 g/mol. The average Bonchev–Trinajstić information content (AvgIpc) is 2.30. The van der Waals surface area contributed by atoms with E-state index < -0.39 is 0 Å². The van der Waals surface area contributed by atoms with Crippen LogP contribution in [0.25, 0.3) is 0 Å². The molecule has 0 saturated heterocycles. The zero-order valence-electron chi connectivity index (χ0n) is 10.5. The lowest BCUT2D eigenvalue weighted by Gasteiger charge is -2.22. The first-order valence-corrected chi connectivity index (χ1v) is 6.38. The number of hydrogen-bond donors (Lipinski definition) is 2. The molecule has 1 rings (SSSR count). The van der Waals surface area contributed by atoms with Gasteiger partial charge in [0.2, 0.25) is 0 Å². The number of aliphatic hydroxyl groups is 1. The van der Waals surface area contributed by atoms with Crippen molar-refractivity contribution in [1.29, 1.82) is 0 Å². The van der Waals surface area contributed by atoms with Crippen LogP contribution >= 0.6 is 11.6 Å². The summed E-state index contributed by atoms with van der Waals surface area (Å²) in [4.78, 5) is 2.04. The van der Waals surface area contributed by atoms with Gasteiger partial charge in [-0.15, -0.1) is 0 Å². The van der Waals surface area contributed by atoms with Gasteiger partial charge < -0.3 is 15.3 Å². The number of rotatable bonds is 7. The van der Waals surface area contributed by atoms with E-state index in [4.69, 9.17) is 16.7 Å². The zero-order valence-corrected chi connectivity index (χ0v) is 11.3. The molecule has 0 atom stereocenters. The van der Waals surface area contributed by atoms with Gasteiger partial charge in [-0.3, -0.25) is 0 Å². The molecule has 0 radical (unpaired) electrons. The van der Waals surface area contributed by atoms with Crippen LogP contribution in [0.15, 0.2) is 18.2 Å². The molecular formula is C13H21ClN2O. The molecule has 0 unspecified atom stereocenters. The van der Waals surface area contributed by atoms with Crippen molar-refractivity contribution in [2.24, 2.45) is 0 Å². The molecule has 0 aliphatic heterocycles. The van der Waals surface area contributed by atoms with Crippen LogP contribution in [-0.4, -0.2) is 31.9 Å². The number of nitrogens with zero attached hydrogens (tertiary/aromatic N) is 1. The van der Waals surface area contributed by atoms with Crippen molar-refractivity contribution in [2.75, 3.05) is 31.6 Å². The number of nitrogens with one attached hydrogen (secondary N) is 1. The number of hydrogen-bond acceptors (Lipinski definition) is 3. The summed E-state index contributed by atoms with van der Waals surface area (Å²) in [7, 11) is 1.97. The topological polar surface area (TPSA) is 35.5 Å². The Hall–Kier alpha value is -0.770. The summed E-state index contributed by atoms with van der Waals surface area (Å²) in [6.45, 7) is 4.72. The van der Waals surface area contributed by atoms with Gasteiger partial charge in [0.05, 0.1) is 6.61 Å². The maximum absolute atomic E-state index is 8.97. The van der Waals surface area contributed by atoms with Crippen LogP contribution < -0.4 is 10.2 Å². The van der Waals surface area contributed by atoms with Crippen molar-refractivity contribution >= 4 is 17.3 Å². The van der Waals surface area contributed by atoms with Crippen LogP contribution in [0.3, 0.4) is 0 Å². The van der Waals surface area contributed by atoms with Crippen LogP contribution in [0.5, 0.6) is 0 Å². The number of benzene rings is 1. The molecule has 1 aromatic carbocycles. The third kappa shape index (κ3) is 4.54. The molecule has 0 spiro atoms. The quantitative estimate of drug-likeness (QED) is 0.735. The standard InChI is InChI=1S/C13H21ClN2O/c1-3-6-15-10-11-9-12(14)4-5-13(11)16(2)7-8-17/h4-5,9,15,17H,3,6-8,10H2,1-2H3. The molecule has 0 bridgehead atoms. The Morgan fingerprint density at radius 1 is 1.41 bits per heavy atom. The Morgan fingerprint density at radius 2 is 2.18 bits per heavy atom. The third-order valence-electron chi connectivity index (χ3n) is 2.63. The minimum Gasteiger partial charge on any atom is -0.395 e. The number of halogens is 1. The van der Waals surface area contributed by atoms with Crippen LogP contribution in [0.4, 0.5) is 5.69 Å². The summed E-state index contributed by atoms with van der Waals surface area (Å²) in [5.74, 6) is 0. The Morgan fingerprint density at radius 3 is 2.82 bits per heavy atom. The van der Waals surface area contributed by atoms with Gasteiger partial charge in [0, 0.05) is 30.8 Å². The van der Waals surface area contributed by atoms with Crippen LogP contribution in [0, 0.1) is 0 Å². The summed E-state index contributed by atoms with van der Waals surface area (Å²) in [5, 5.41) is 13.1. The predicted octanol–water partition coefficient (Wildman–Crippen LogP) is 2.27. The van der Waals surface area contributed by atoms with E-state index in [0.717, 1.165) is 30.2 Å². The predicted molar refractivity (Wildman–Crippen MR) is 73.8 cm³/mol. The normalized spacial score (nSPS) is 10.6. The second-order valence-corrected chi connectivity index (χ2v) is 4.53. The van der Waals surface area contributed by atoms with E-state index in [9.17, 15) is 0 Å². The molecule has 0 aromatic heterocycles. The number of aliphatic hydroxyl groups excluding tert-OH is 1. The fourth-order valence-corrected chi connectivity index (χ4v) is 1.93. The zero-order chi connectivity index (χ0) is 12.7. The molecule has 4 heteroatoms. The first-order valence-electron chi connectivity index (χ1n) is 6.00. The van der Waals surface area contributed by atoms with Gasteiger partial charge in [-0.05, 0) is 36.7 Å². The second-order valence-electron chi connectivity index (χ2n) is 4.09. The summed E-state index contributed by atoms with van der Waals surface area (Å²) in [6, 6.07) is 5.86. The first kappa shape index (κ1) is 14.3. The van der Waals surface area contributed by atoms with Crippen molar-refractivity contribution in [1.82, 2.24) is 5.32 Å². The lowest BCUT2D eigenvalue weighted by molar-refractivity contribution is 0.304. The third-order valence-corrected chi connectivity index (χ3v) is 2.87. The minimum absolute atomic E-state index is 0.154. The number of likely N-dealkylation sites (N-methyl/N-ethyl adjacent to an activating group) is 1. The van der Waals surface area contributed by atoms with Gasteiger partial charge in [0.25, 0.3) is 0 Å². The molecule has 2 N–H and O–H groups in total. The van der Waals surface area contributed by atoms with E-state index in [2.05, 4.69) is 12.2 Å². The van der Waals surface area contributed by atoms with E-state index in [-0.39, 0.29) is 6.61 Å². The molecule has 17 heavy (non-hydrogen) atoms. The van der Waals surface area contributed by atoms with Crippen molar-refractivity contribution in [2.45, 2.75) is 19.9 Å². The molecule has 0 fully saturated rings. The van der Waals surface area contributed by atoms with Gasteiger partial charge in [-0.25, -0.2) is 0 Å². The van der Waals surface area contributed by atoms with E-state index >= 15 is 0 Å². The summed E-state index contributed by atoms with van der Waals surface area (Å²) < 4.78 is 0. The van der Waals surface area contributed by atoms with Gasteiger partial charge in [-0.1, -0.05) is 18.5 Å². The molecule has 96 valence electrons.